The Morgan fingerprint density at radius 1 is 0.912 bits per heavy atom. The molecule has 3 amide bonds. The van der Waals surface area contributed by atoms with Gasteiger partial charge in [0.15, 0.2) is 0 Å². The molecule has 0 saturated heterocycles. The van der Waals surface area contributed by atoms with Gasteiger partial charge in [-0.05, 0) is 49.9 Å². The summed E-state index contributed by atoms with van der Waals surface area (Å²) in [6.07, 6.45) is 4.21. The van der Waals surface area contributed by atoms with Crippen LogP contribution < -0.4 is 16.0 Å². The van der Waals surface area contributed by atoms with Crippen molar-refractivity contribution in [3.8, 4) is 0 Å². The van der Waals surface area contributed by atoms with E-state index < -0.39 is 23.4 Å². The molecule has 1 aliphatic carbocycles. The maximum absolute atomic E-state index is 13.2. The fourth-order valence-electron chi connectivity index (χ4n) is 4.04. The molecule has 4 N–H and O–H groups in total. The van der Waals surface area contributed by atoms with E-state index in [1.165, 1.54) is 19.1 Å². The van der Waals surface area contributed by atoms with Crippen LogP contribution in [0.3, 0.4) is 0 Å². The monoisotopic (exact) mass is 545 g/mol. The van der Waals surface area contributed by atoms with Crippen molar-refractivity contribution < 1.29 is 19.5 Å². The second-order valence-electron chi connectivity index (χ2n) is 8.28. The number of carboxylic acid groups (broad SMARTS) is 1. The molecule has 1 atom stereocenters. The van der Waals surface area contributed by atoms with Crippen molar-refractivity contribution in [2.24, 2.45) is 5.92 Å². The van der Waals surface area contributed by atoms with Crippen LogP contribution in [0.15, 0.2) is 30.3 Å². The van der Waals surface area contributed by atoms with E-state index in [-0.39, 0.29) is 42.9 Å². The number of benzene rings is 2. The van der Waals surface area contributed by atoms with E-state index in [2.05, 4.69) is 16.0 Å². The van der Waals surface area contributed by atoms with Gasteiger partial charge in [0.05, 0.1) is 37.0 Å². The molecule has 0 bridgehead atoms. The number of rotatable bonds is 6. The minimum Gasteiger partial charge on any atom is -0.480 e. The van der Waals surface area contributed by atoms with Crippen LogP contribution in [-0.2, 0) is 4.79 Å². The standard InChI is InChI=1S/C23H23Cl4N3O4/c1-23(21(32)33,12-6-3-2-4-7-12)30-20(31)13-10-16(26)17(27)11-18(13)28-22(34)29-19-14(24)8-5-9-15(19)25/h5,8-12H,2-4,6-7H2,1H3,(H,30,31)(H,32,33)(H2,28,29,34)/t23-/m0/s1. The van der Waals surface area contributed by atoms with Crippen LogP contribution in [-0.4, -0.2) is 28.6 Å². The zero-order valence-corrected chi connectivity index (χ0v) is 21.2. The minimum atomic E-state index is -1.49. The Hall–Kier alpha value is -2.19. The highest BCUT2D eigenvalue weighted by Gasteiger charge is 2.43. The fraction of sp³-hybridized carbons (Fsp3) is 0.348. The van der Waals surface area contributed by atoms with Gasteiger partial charge in [-0.1, -0.05) is 71.7 Å². The van der Waals surface area contributed by atoms with E-state index in [1.54, 1.807) is 18.2 Å². The molecule has 2 aromatic carbocycles. The fourth-order valence-corrected chi connectivity index (χ4v) is 4.85. The highest BCUT2D eigenvalue weighted by atomic mass is 35.5. The molecule has 2 aromatic rings. The smallest absolute Gasteiger partial charge is 0.329 e. The summed E-state index contributed by atoms with van der Waals surface area (Å²) in [4.78, 5) is 38.1. The number of anilines is 2. The van der Waals surface area contributed by atoms with Crippen LogP contribution >= 0.6 is 46.4 Å². The summed E-state index contributed by atoms with van der Waals surface area (Å²) in [6.45, 7) is 1.50. The molecule has 0 aliphatic heterocycles. The second kappa shape index (κ2) is 11.0. The predicted octanol–water partition coefficient (Wildman–Crippen LogP) is 7.10. The lowest BCUT2D eigenvalue weighted by Crippen LogP contribution is -2.57. The maximum Gasteiger partial charge on any atom is 0.329 e. The summed E-state index contributed by atoms with van der Waals surface area (Å²) >= 11 is 24.4. The van der Waals surface area contributed by atoms with Gasteiger partial charge >= 0.3 is 12.0 Å². The number of hydrogen-bond acceptors (Lipinski definition) is 3. The van der Waals surface area contributed by atoms with E-state index >= 15 is 0 Å². The Balaban J connectivity index is 1.88. The quantitative estimate of drug-likeness (QED) is 0.310. The molecule has 7 nitrogen and oxygen atoms in total. The third kappa shape index (κ3) is 5.89. The predicted molar refractivity (Wildman–Crippen MR) is 136 cm³/mol. The van der Waals surface area contributed by atoms with Gasteiger partial charge in [0.2, 0.25) is 0 Å². The zero-order valence-electron chi connectivity index (χ0n) is 18.2. The van der Waals surface area contributed by atoms with E-state index in [4.69, 9.17) is 46.4 Å². The van der Waals surface area contributed by atoms with Crippen molar-refractivity contribution in [2.45, 2.75) is 44.6 Å². The van der Waals surface area contributed by atoms with Gasteiger partial charge in [0.1, 0.15) is 5.54 Å². The number of para-hydroxylation sites is 1. The lowest BCUT2D eigenvalue weighted by Gasteiger charge is -2.37. The van der Waals surface area contributed by atoms with Crippen molar-refractivity contribution in [1.82, 2.24) is 5.32 Å². The first kappa shape index (κ1) is 26.4. The van der Waals surface area contributed by atoms with Crippen molar-refractivity contribution in [2.75, 3.05) is 10.6 Å². The number of hydrogen-bond donors (Lipinski definition) is 4. The molecule has 1 aliphatic rings. The van der Waals surface area contributed by atoms with Crippen LogP contribution in [0.5, 0.6) is 0 Å². The molecule has 1 fully saturated rings. The highest BCUT2D eigenvalue weighted by Crippen LogP contribution is 2.35. The lowest BCUT2D eigenvalue weighted by molar-refractivity contribution is -0.146. The third-order valence-electron chi connectivity index (χ3n) is 5.99. The summed E-state index contributed by atoms with van der Waals surface area (Å²) in [7, 11) is 0. The summed E-state index contributed by atoms with van der Waals surface area (Å²) in [6, 6.07) is 6.58. The minimum absolute atomic E-state index is 0.0314. The number of amides is 3. The Morgan fingerprint density at radius 2 is 1.50 bits per heavy atom. The Labute approximate surface area is 217 Å². The van der Waals surface area contributed by atoms with Gasteiger partial charge in [0.25, 0.3) is 5.91 Å². The topological polar surface area (TPSA) is 108 Å². The second-order valence-corrected chi connectivity index (χ2v) is 9.91. The van der Waals surface area contributed by atoms with Gasteiger partial charge in [0, 0.05) is 0 Å². The molecule has 0 aromatic heterocycles. The summed E-state index contributed by atoms with van der Waals surface area (Å²) in [5.41, 5.74) is -1.32. The number of carboxylic acids is 1. The lowest BCUT2D eigenvalue weighted by atomic mass is 9.75. The zero-order chi connectivity index (χ0) is 25.0. The molecule has 0 spiro atoms. The molecular formula is C23H23Cl4N3O4. The van der Waals surface area contributed by atoms with Crippen molar-refractivity contribution in [3.63, 3.8) is 0 Å². The molecule has 1 saturated carbocycles. The van der Waals surface area contributed by atoms with Crippen LogP contribution in [0.2, 0.25) is 20.1 Å². The average molecular weight is 547 g/mol. The number of nitrogens with one attached hydrogen (secondary N) is 3. The summed E-state index contributed by atoms with van der Waals surface area (Å²) in [5.74, 6) is -2.07. The number of aliphatic carboxylic acids is 1. The summed E-state index contributed by atoms with van der Waals surface area (Å²) < 4.78 is 0. The van der Waals surface area contributed by atoms with E-state index in [1.807, 2.05) is 0 Å². The Morgan fingerprint density at radius 3 is 2.09 bits per heavy atom. The molecular weight excluding hydrogens is 524 g/mol. The largest absolute Gasteiger partial charge is 0.480 e. The molecule has 182 valence electrons. The van der Waals surface area contributed by atoms with Gasteiger partial charge in [-0.2, -0.15) is 0 Å². The average Bonchev–Trinajstić information content (AvgIpc) is 2.79. The molecule has 11 heteroatoms. The Kier molecular flexibility index (Phi) is 8.57. The van der Waals surface area contributed by atoms with Gasteiger partial charge in [-0.15, -0.1) is 0 Å². The van der Waals surface area contributed by atoms with Crippen LogP contribution in [0.1, 0.15) is 49.4 Å². The molecule has 0 unspecified atom stereocenters. The first-order valence-electron chi connectivity index (χ1n) is 10.6. The molecule has 3 rings (SSSR count). The van der Waals surface area contributed by atoms with E-state index in [0.717, 1.165) is 19.3 Å². The molecule has 34 heavy (non-hydrogen) atoms. The van der Waals surface area contributed by atoms with Crippen LogP contribution in [0, 0.1) is 5.92 Å². The third-order valence-corrected chi connectivity index (χ3v) is 7.35. The van der Waals surface area contributed by atoms with Crippen LogP contribution in [0.4, 0.5) is 16.2 Å². The van der Waals surface area contributed by atoms with Crippen molar-refractivity contribution >= 4 is 75.7 Å². The maximum atomic E-state index is 13.2. The SMILES string of the molecule is C[C@@](NC(=O)c1cc(Cl)c(Cl)cc1NC(=O)Nc1c(Cl)cccc1Cl)(C(=O)O)C1CCCCC1. The van der Waals surface area contributed by atoms with E-state index in [0.29, 0.717) is 12.8 Å². The van der Waals surface area contributed by atoms with Gasteiger partial charge in [-0.3, -0.25) is 4.79 Å². The van der Waals surface area contributed by atoms with Crippen molar-refractivity contribution in [3.05, 3.63) is 56.0 Å². The first-order valence-corrected chi connectivity index (χ1v) is 12.1. The van der Waals surface area contributed by atoms with Crippen molar-refractivity contribution in [1.29, 1.82) is 0 Å². The number of urea groups is 1. The number of carbonyl (C=O) groups is 3. The molecule has 0 heterocycles. The van der Waals surface area contributed by atoms with Crippen LogP contribution in [0.25, 0.3) is 0 Å². The van der Waals surface area contributed by atoms with Gasteiger partial charge < -0.3 is 21.1 Å². The highest BCUT2D eigenvalue weighted by molar-refractivity contribution is 6.42. The number of halogens is 4. The summed E-state index contributed by atoms with van der Waals surface area (Å²) in [5, 5.41) is 18.3. The number of carbonyl (C=O) groups excluding carboxylic acids is 2. The van der Waals surface area contributed by atoms with Gasteiger partial charge in [-0.25, -0.2) is 9.59 Å². The Bertz CT molecular complexity index is 1100. The molecule has 0 radical (unpaired) electrons. The normalized spacial score (nSPS) is 15.8. The van der Waals surface area contributed by atoms with E-state index in [9.17, 15) is 19.5 Å². The first-order chi connectivity index (χ1) is 16.0.